The van der Waals surface area contributed by atoms with E-state index in [0.29, 0.717) is 19.3 Å². The molecule has 64 heavy (non-hydrogen) atoms. The number of hydrogen-bond acceptors (Lipinski definition) is 6. The zero-order valence-corrected chi connectivity index (χ0v) is 40.7. The van der Waals surface area contributed by atoms with Crippen LogP contribution in [0.15, 0.2) is 134 Å². The van der Waals surface area contributed by atoms with Crippen LogP contribution in [0.4, 0.5) is 0 Å². The van der Waals surface area contributed by atoms with Gasteiger partial charge in [-0.2, -0.15) is 0 Å². The zero-order valence-electron chi connectivity index (χ0n) is 40.7. The monoisotopic (exact) mass is 883 g/mol. The second-order valence-electron chi connectivity index (χ2n) is 16.0. The van der Waals surface area contributed by atoms with Gasteiger partial charge in [-0.15, -0.1) is 0 Å². The van der Waals surface area contributed by atoms with Crippen molar-refractivity contribution in [1.29, 1.82) is 0 Å². The predicted molar refractivity (Wildman–Crippen MR) is 274 cm³/mol. The molecule has 1 atom stereocenters. The Kier molecular flexibility index (Phi) is 47.6. The molecule has 0 amide bonds. The van der Waals surface area contributed by atoms with Crippen LogP contribution in [0, 0.1) is 0 Å². The summed E-state index contributed by atoms with van der Waals surface area (Å²) < 4.78 is 16.7. The molecule has 0 aliphatic carbocycles. The van der Waals surface area contributed by atoms with Crippen molar-refractivity contribution in [3.05, 3.63) is 134 Å². The first kappa shape index (κ1) is 59.5. The molecule has 0 saturated heterocycles. The van der Waals surface area contributed by atoms with Gasteiger partial charge in [0.1, 0.15) is 13.2 Å². The van der Waals surface area contributed by atoms with Gasteiger partial charge in [0.05, 0.1) is 0 Å². The highest BCUT2D eigenvalue weighted by Gasteiger charge is 2.19. The third kappa shape index (κ3) is 48.6. The maximum absolute atomic E-state index is 12.8. The standard InChI is InChI=1S/C58H90O6/c1-4-7-10-13-16-19-22-25-27-28-29-30-32-33-36-39-42-45-48-51-57(60)63-54-55(53-62-56(59)50-47-44-41-38-35-24-21-18-15-12-9-6-3)64-58(61)52-49-46-43-40-37-34-31-26-23-20-17-14-11-8-5-2/h7-8,10-11,16-21,25-27,29-31,33,36-37,40,42,45,55H,4-6,9,12-15,22-24,28,32,34-35,38-39,41,43-44,46-54H2,1-3H3/b10-7-,11-8-,19-16-,20-17-,21-18-,27-25-,30-29-,31-26-,36-33-,40-37-,45-42-/t55-/m1/s1. The van der Waals surface area contributed by atoms with Crippen molar-refractivity contribution >= 4 is 17.9 Å². The number of esters is 3. The van der Waals surface area contributed by atoms with Gasteiger partial charge < -0.3 is 14.2 Å². The molecule has 6 heteroatoms. The van der Waals surface area contributed by atoms with Crippen LogP contribution in [0.25, 0.3) is 0 Å². The normalized spacial score (nSPS) is 13.2. The van der Waals surface area contributed by atoms with Crippen LogP contribution in [0.2, 0.25) is 0 Å². The Morgan fingerprint density at radius 1 is 0.328 bits per heavy atom. The number of hydrogen-bond donors (Lipinski definition) is 0. The van der Waals surface area contributed by atoms with E-state index in [1.807, 2.05) is 12.2 Å². The van der Waals surface area contributed by atoms with E-state index in [4.69, 9.17) is 14.2 Å². The summed E-state index contributed by atoms with van der Waals surface area (Å²) in [5.41, 5.74) is 0. The van der Waals surface area contributed by atoms with Crippen LogP contribution >= 0.6 is 0 Å². The predicted octanol–water partition coefficient (Wildman–Crippen LogP) is 16.7. The summed E-state index contributed by atoms with van der Waals surface area (Å²) in [5, 5.41) is 0. The first-order valence-corrected chi connectivity index (χ1v) is 25.2. The molecule has 0 N–H and O–H groups in total. The van der Waals surface area contributed by atoms with Gasteiger partial charge in [0.25, 0.3) is 0 Å². The number of carbonyl (C=O) groups is 3. The van der Waals surface area contributed by atoms with E-state index in [9.17, 15) is 14.4 Å². The van der Waals surface area contributed by atoms with Crippen LogP contribution in [0.3, 0.4) is 0 Å². The van der Waals surface area contributed by atoms with Crippen molar-refractivity contribution in [2.75, 3.05) is 13.2 Å². The van der Waals surface area contributed by atoms with E-state index >= 15 is 0 Å². The van der Waals surface area contributed by atoms with E-state index < -0.39 is 6.10 Å². The fraction of sp³-hybridized carbons (Fsp3) is 0.569. The fourth-order valence-corrected chi connectivity index (χ4v) is 6.16. The molecule has 0 aromatic rings. The molecule has 0 aromatic heterocycles. The molecule has 0 aliphatic heterocycles. The highest BCUT2D eigenvalue weighted by Crippen LogP contribution is 2.11. The molecule has 6 nitrogen and oxygen atoms in total. The largest absolute Gasteiger partial charge is 0.462 e. The van der Waals surface area contributed by atoms with Crippen molar-refractivity contribution < 1.29 is 28.6 Å². The maximum Gasteiger partial charge on any atom is 0.306 e. The first-order valence-electron chi connectivity index (χ1n) is 25.2. The van der Waals surface area contributed by atoms with Gasteiger partial charge in [0.15, 0.2) is 6.10 Å². The van der Waals surface area contributed by atoms with Crippen molar-refractivity contribution in [2.24, 2.45) is 0 Å². The summed E-state index contributed by atoms with van der Waals surface area (Å²) in [4.78, 5) is 37.9. The van der Waals surface area contributed by atoms with Crippen LogP contribution in [0.1, 0.15) is 194 Å². The summed E-state index contributed by atoms with van der Waals surface area (Å²) in [7, 11) is 0. The lowest BCUT2D eigenvalue weighted by Crippen LogP contribution is -2.30. The molecule has 358 valence electrons. The van der Waals surface area contributed by atoms with Gasteiger partial charge in [-0.25, -0.2) is 0 Å². The lowest BCUT2D eigenvalue weighted by molar-refractivity contribution is -0.166. The van der Waals surface area contributed by atoms with E-state index in [-0.39, 0.29) is 44.0 Å². The smallest absolute Gasteiger partial charge is 0.306 e. The second-order valence-corrected chi connectivity index (χ2v) is 16.0. The molecular weight excluding hydrogens is 793 g/mol. The van der Waals surface area contributed by atoms with Crippen molar-refractivity contribution in [1.82, 2.24) is 0 Å². The number of carbonyl (C=O) groups excluding carboxylic acids is 3. The molecule has 0 bridgehead atoms. The number of unbranched alkanes of at least 4 members (excludes halogenated alkanes) is 10. The molecule has 0 spiro atoms. The lowest BCUT2D eigenvalue weighted by Gasteiger charge is -2.18. The van der Waals surface area contributed by atoms with Crippen molar-refractivity contribution in [3.63, 3.8) is 0 Å². The van der Waals surface area contributed by atoms with Gasteiger partial charge in [-0.05, 0) is 122 Å². The minimum Gasteiger partial charge on any atom is -0.462 e. The molecule has 0 heterocycles. The van der Waals surface area contributed by atoms with Crippen molar-refractivity contribution in [3.8, 4) is 0 Å². The highest BCUT2D eigenvalue weighted by atomic mass is 16.6. The van der Waals surface area contributed by atoms with Gasteiger partial charge >= 0.3 is 17.9 Å². The van der Waals surface area contributed by atoms with Gasteiger partial charge in [0.2, 0.25) is 0 Å². The van der Waals surface area contributed by atoms with Gasteiger partial charge in [-0.3, -0.25) is 14.4 Å². The van der Waals surface area contributed by atoms with Crippen LogP contribution in [-0.2, 0) is 28.6 Å². The molecule has 0 aromatic carbocycles. The molecular formula is C58H90O6. The Balaban J connectivity index is 4.60. The Bertz CT molecular complexity index is 1430. The molecule has 0 rings (SSSR count). The topological polar surface area (TPSA) is 78.9 Å². The second kappa shape index (κ2) is 51.2. The molecule has 0 unspecified atom stereocenters. The quantitative estimate of drug-likeness (QED) is 0.0263. The molecule has 0 saturated carbocycles. The molecule has 0 radical (unpaired) electrons. The maximum atomic E-state index is 12.8. The van der Waals surface area contributed by atoms with Crippen LogP contribution in [0.5, 0.6) is 0 Å². The summed E-state index contributed by atoms with van der Waals surface area (Å²) in [5.74, 6) is -1.08. The Morgan fingerprint density at radius 3 is 1.09 bits per heavy atom. The van der Waals surface area contributed by atoms with Crippen molar-refractivity contribution in [2.45, 2.75) is 200 Å². The number of allylic oxidation sites excluding steroid dienone is 22. The highest BCUT2D eigenvalue weighted by molar-refractivity contribution is 5.71. The molecule has 0 aliphatic rings. The lowest BCUT2D eigenvalue weighted by atomic mass is 10.1. The summed E-state index contributed by atoms with van der Waals surface area (Å²) in [6, 6.07) is 0. The van der Waals surface area contributed by atoms with Gasteiger partial charge in [0, 0.05) is 19.3 Å². The average molecular weight is 883 g/mol. The Labute approximate surface area is 392 Å². The number of ether oxygens (including phenoxy) is 3. The summed E-state index contributed by atoms with van der Waals surface area (Å²) in [6.45, 7) is 6.25. The van der Waals surface area contributed by atoms with Gasteiger partial charge in [-0.1, -0.05) is 187 Å². The third-order valence-electron chi connectivity index (χ3n) is 9.88. The Hall–Kier alpha value is -4.45. The summed E-state index contributed by atoms with van der Waals surface area (Å²) in [6.07, 6.45) is 71.6. The first-order chi connectivity index (χ1) is 31.5. The van der Waals surface area contributed by atoms with E-state index in [0.717, 1.165) is 109 Å². The SMILES string of the molecule is CC/C=C\C/C=C\C/C=C\C/C=C\C/C=C\C/C=C\CCC(=O)OC[C@@H](COC(=O)CCCCCCC/C=C\CCCCC)OC(=O)CCCC/C=C\C/C=C\C/C=C\C/C=C\CC. The fourth-order valence-electron chi connectivity index (χ4n) is 6.16. The minimum atomic E-state index is -0.837. The molecule has 0 fully saturated rings. The average Bonchev–Trinajstić information content (AvgIpc) is 3.29. The zero-order chi connectivity index (χ0) is 46.5. The number of rotatable bonds is 43. The van der Waals surface area contributed by atoms with E-state index in [1.165, 1.54) is 32.1 Å². The summed E-state index contributed by atoms with van der Waals surface area (Å²) >= 11 is 0. The Morgan fingerprint density at radius 2 is 0.641 bits per heavy atom. The third-order valence-corrected chi connectivity index (χ3v) is 9.88. The van der Waals surface area contributed by atoms with E-state index in [1.54, 1.807) is 0 Å². The van der Waals surface area contributed by atoms with E-state index in [2.05, 4.69) is 142 Å². The van der Waals surface area contributed by atoms with Crippen LogP contribution in [-0.4, -0.2) is 37.2 Å². The minimum absolute atomic E-state index is 0.127. The van der Waals surface area contributed by atoms with Crippen LogP contribution < -0.4 is 0 Å².